The zero-order valence-corrected chi connectivity index (χ0v) is 11.2. The van der Waals surface area contributed by atoms with Crippen molar-refractivity contribution in [1.29, 1.82) is 0 Å². The van der Waals surface area contributed by atoms with Crippen LogP contribution in [0, 0.1) is 10.1 Å². The van der Waals surface area contributed by atoms with Crippen molar-refractivity contribution < 1.29 is 10.0 Å². The lowest BCUT2D eigenvalue weighted by atomic mass is 10.1. The van der Waals surface area contributed by atoms with Gasteiger partial charge in [0.2, 0.25) is 0 Å². The summed E-state index contributed by atoms with van der Waals surface area (Å²) in [5.41, 5.74) is 2.16. The summed E-state index contributed by atoms with van der Waals surface area (Å²) in [4.78, 5) is 12.6. The zero-order valence-electron chi connectivity index (χ0n) is 11.2. The van der Waals surface area contributed by atoms with Gasteiger partial charge in [0.1, 0.15) is 5.69 Å². The van der Waals surface area contributed by atoms with Crippen molar-refractivity contribution in [2.45, 2.75) is 13.2 Å². The molecule has 2 aromatic carbocycles. The molecule has 0 aliphatic heterocycles. The number of anilines is 1. The van der Waals surface area contributed by atoms with Crippen LogP contribution in [0.25, 0.3) is 0 Å². The lowest BCUT2D eigenvalue weighted by Crippen LogP contribution is -2.17. The van der Waals surface area contributed by atoms with Gasteiger partial charge in [0.25, 0.3) is 5.69 Å². The van der Waals surface area contributed by atoms with Crippen LogP contribution >= 0.6 is 0 Å². The number of rotatable bonds is 5. The minimum absolute atomic E-state index is 0.00924. The molecule has 5 nitrogen and oxygen atoms in total. The van der Waals surface area contributed by atoms with Crippen LogP contribution in [-0.2, 0) is 13.2 Å². The van der Waals surface area contributed by atoms with Crippen LogP contribution in [-0.4, -0.2) is 17.1 Å². The molecule has 2 aromatic rings. The number of hydrogen-bond acceptors (Lipinski definition) is 4. The van der Waals surface area contributed by atoms with E-state index in [0.29, 0.717) is 17.8 Å². The molecular weight excluding hydrogens is 256 g/mol. The molecule has 0 saturated carbocycles. The van der Waals surface area contributed by atoms with Gasteiger partial charge in [-0.05, 0) is 17.2 Å². The highest BCUT2D eigenvalue weighted by molar-refractivity contribution is 5.64. The molecule has 0 fully saturated rings. The van der Waals surface area contributed by atoms with Crippen molar-refractivity contribution in [3.05, 3.63) is 69.8 Å². The Balaban J connectivity index is 2.29. The molecule has 0 aromatic heterocycles. The van der Waals surface area contributed by atoms with Crippen LogP contribution in [0.15, 0.2) is 48.5 Å². The number of aliphatic hydroxyl groups is 1. The van der Waals surface area contributed by atoms with E-state index in [-0.39, 0.29) is 12.3 Å². The fourth-order valence-electron chi connectivity index (χ4n) is 2.08. The first kappa shape index (κ1) is 14.0. The summed E-state index contributed by atoms with van der Waals surface area (Å²) in [6.07, 6.45) is 0. The number of hydrogen-bond donors (Lipinski definition) is 1. The molecule has 20 heavy (non-hydrogen) atoms. The molecule has 0 spiro atoms. The maximum Gasteiger partial charge on any atom is 0.292 e. The van der Waals surface area contributed by atoms with Crippen LogP contribution in [0.4, 0.5) is 11.4 Å². The van der Waals surface area contributed by atoms with Crippen LogP contribution in [0.1, 0.15) is 11.1 Å². The summed E-state index contributed by atoms with van der Waals surface area (Å²) in [6, 6.07) is 14.5. The second-order valence-electron chi connectivity index (χ2n) is 4.58. The molecule has 0 amide bonds. The number of nitrogens with zero attached hydrogens (tertiary/aromatic N) is 2. The Morgan fingerprint density at radius 3 is 2.45 bits per heavy atom. The van der Waals surface area contributed by atoms with Gasteiger partial charge < -0.3 is 10.0 Å². The van der Waals surface area contributed by atoms with Gasteiger partial charge in [0.05, 0.1) is 11.5 Å². The molecule has 0 atom stereocenters. The quantitative estimate of drug-likeness (QED) is 0.671. The van der Waals surface area contributed by atoms with E-state index in [1.165, 1.54) is 6.07 Å². The molecule has 0 aliphatic rings. The molecule has 0 unspecified atom stereocenters. The average Bonchev–Trinajstić information content (AvgIpc) is 2.47. The third-order valence-electron chi connectivity index (χ3n) is 3.09. The van der Waals surface area contributed by atoms with E-state index in [4.69, 9.17) is 5.11 Å². The molecular formula is C15H16N2O3. The zero-order chi connectivity index (χ0) is 14.5. The Bertz CT molecular complexity index is 599. The predicted molar refractivity (Wildman–Crippen MR) is 77.6 cm³/mol. The summed E-state index contributed by atoms with van der Waals surface area (Å²) in [5.74, 6) is 0. The summed E-state index contributed by atoms with van der Waals surface area (Å²) in [5, 5.41) is 20.2. The first-order valence-electron chi connectivity index (χ1n) is 6.25. The van der Waals surface area contributed by atoms with E-state index >= 15 is 0 Å². The Kier molecular flexibility index (Phi) is 4.32. The molecule has 0 heterocycles. The second-order valence-corrected chi connectivity index (χ2v) is 4.58. The van der Waals surface area contributed by atoms with E-state index in [0.717, 1.165) is 5.56 Å². The predicted octanol–water partition coefficient (Wildman–Crippen LogP) is 2.72. The Morgan fingerprint density at radius 2 is 1.85 bits per heavy atom. The molecule has 2 rings (SSSR count). The highest BCUT2D eigenvalue weighted by Crippen LogP contribution is 2.29. The third kappa shape index (κ3) is 3.13. The van der Waals surface area contributed by atoms with E-state index in [2.05, 4.69) is 0 Å². The summed E-state index contributed by atoms with van der Waals surface area (Å²) in [7, 11) is 1.81. The number of nitro groups is 1. The average molecular weight is 272 g/mol. The molecule has 0 aliphatic carbocycles. The van der Waals surface area contributed by atoms with Crippen molar-refractivity contribution in [3.63, 3.8) is 0 Å². The highest BCUT2D eigenvalue weighted by Gasteiger charge is 2.17. The SMILES string of the molecule is CN(Cc1ccccc1)c1ccc(CO)cc1[N+](=O)[O-]. The van der Waals surface area contributed by atoms with Crippen molar-refractivity contribution in [3.8, 4) is 0 Å². The van der Waals surface area contributed by atoms with E-state index in [9.17, 15) is 10.1 Å². The Hall–Kier alpha value is -2.40. The van der Waals surface area contributed by atoms with Crippen LogP contribution in [0.5, 0.6) is 0 Å². The fraction of sp³-hybridized carbons (Fsp3) is 0.200. The monoisotopic (exact) mass is 272 g/mol. The van der Waals surface area contributed by atoms with Gasteiger partial charge in [-0.1, -0.05) is 36.4 Å². The number of nitro benzene ring substituents is 1. The highest BCUT2D eigenvalue weighted by atomic mass is 16.6. The Morgan fingerprint density at radius 1 is 1.15 bits per heavy atom. The van der Waals surface area contributed by atoms with E-state index in [1.807, 2.05) is 42.3 Å². The van der Waals surface area contributed by atoms with Crippen LogP contribution < -0.4 is 4.90 Å². The second kappa shape index (κ2) is 6.16. The first-order chi connectivity index (χ1) is 9.61. The lowest BCUT2D eigenvalue weighted by Gasteiger charge is -2.19. The van der Waals surface area contributed by atoms with Crippen molar-refractivity contribution >= 4 is 11.4 Å². The van der Waals surface area contributed by atoms with Gasteiger partial charge >= 0.3 is 0 Å². The maximum atomic E-state index is 11.1. The van der Waals surface area contributed by atoms with Crippen molar-refractivity contribution in [1.82, 2.24) is 0 Å². The van der Waals surface area contributed by atoms with Gasteiger partial charge in [0, 0.05) is 19.7 Å². The largest absolute Gasteiger partial charge is 0.392 e. The standard InChI is InChI=1S/C15H16N2O3/c1-16(10-12-5-3-2-4-6-12)14-8-7-13(11-18)9-15(14)17(19)20/h2-9,18H,10-11H2,1H3. The van der Waals surface area contributed by atoms with E-state index in [1.54, 1.807) is 12.1 Å². The summed E-state index contributed by atoms with van der Waals surface area (Å²) < 4.78 is 0. The van der Waals surface area contributed by atoms with Crippen LogP contribution in [0.2, 0.25) is 0 Å². The summed E-state index contributed by atoms with van der Waals surface area (Å²) >= 11 is 0. The number of aliphatic hydroxyl groups excluding tert-OH is 1. The van der Waals surface area contributed by atoms with Crippen molar-refractivity contribution in [2.24, 2.45) is 0 Å². The smallest absolute Gasteiger partial charge is 0.292 e. The van der Waals surface area contributed by atoms with Gasteiger partial charge in [0.15, 0.2) is 0 Å². The van der Waals surface area contributed by atoms with Crippen molar-refractivity contribution in [2.75, 3.05) is 11.9 Å². The lowest BCUT2D eigenvalue weighted by molar-refractivity contribution is -0.384. The minimum atomic E-state index is -0.421. The van der Waals surface area contributed by atoms with Gasteiger partial charge in [-0.25, -0.2) is 0 Å². The van der Waals surface area contributed by atoms with Crippen LogP contribution in [0.3, 0.4) is 0 Å². The molecule has 1 N–H and O–H groups in total. The number of benzene rings is 2. The summed E-state index contributed by atoms with van der Waals surface area (Å²) in [6.45, 7) is 0.379. The molecule has 5 heteroatoms. The molecule has 0 saturated heterocycles. The van der Waals surface area contributed by atoms with E-state index < -0.39 is 4.92 Å². The fourth-order valence-corrected chi connectivity index (χ4v) is 2.08. The normalized spacial score (nSPS) is 10.3. The molecule has 104 valence electrons. The van der Waals surface area contributed by atoms with Gasteiger partial charge in [-0.15, -0.1) is 0 Å². The third-order valence-corrected chi connectivity index (χ3v) is 3.09. The minimum Gasteiger partial charge on any atom is -0.392 e. The molecule has 0 radical (unpaired) electrons. The maximum absolute atomic E-state index is 11.1. The van der Waals surface area contributed by atoms with Gasteiger partial charge in [-0.3, -0.25) is 10.1 Å². The van der Waals surface area contributed by atoms with Gasteiger partial charge in [-0.2, -0.15) is 0 Å². The Labute approximate surface area is 117 Å². The molecule has 0 bridgehead atoms. The first-order valence-corrected chi connectivity index (χ1v) is 6.25. The topological polar surface area (TPSA) is 66.6 Å².